The Labute approximate surface area is 47.3 Å². The van der Waals surface area contributed by atoms with Crippen molar-refractivity contribution in [3.63, 3.8) is 0 Å². The molecule has 1 aliphatic heterocycles. The van der Waals surface area contributed by atoms with Crippen LogP contribution in [0.3, 0.4) is 0 Å². The Morgan fingerprint density at radius 1 is 2.00 bits per heavy atom. The number of hydrogen-bond donors (Lipinski definition) is 1. The molecule has 1 amide bonds. The van der Waals surface area contributed by atoms with E-state index in [-0.39, 0.29) is 11.8 Å². The maximum absolute atomic E-state index is 10.3. The molecular weight excluding hydrogens is 104 g/mol. The van der Waals surface area contributed by atoms with E-state index < -0.39 is 0 Å². The van der Waals surface area contributed by atoms with E-state index in [4.69, 9.17) is 5.26 Å². The third-order valence-electron chi connectivity index (χ3n) is 1.01. The lowest BCUT2D eigenvalue weighted by Gasteiger charge is -1.85. The van der Waals surface area contributed by atoms with Crippen molar-refractivity contribution in [2.45, 2.75) is 0 Å². The molecule has 0 aromatic heterocycles. The summed E-state index contributed by atoms with van der Waals surface area (Å²) in [6.07, 6.45) is 1.39. The number of nitriles is 1. The summed E-state index contributed by atoms with van der Waals surface area (Å²) in [5, 5.41) is 10.7. The van der Waals surface area contributed by atoms with Crippen LogP contribution in [0, 0.1) is 23.7 Å². The molecule has 0 aromatic rings. The molecule has 0 bridgehead atoms. The molecule has 3 nitrogen and oxygen atoms in total. The second-order valence-electron chi connectivity index (χ2n) is 1.65. The molecular formula is C5H5N2O. The molecule has 1 fully saturated rings. The average Bonchev–Trinajstić information content (AvgIpc) is 2.14. The number of amides is 1. The number of rotatable bonds is 0. The SMILES string of the molecule is N#CC1[CH]C(=O)NC1. The molecule has 41 valence electrons. The fourth-order valence-corrected chi connectivity index (χ4v) is 0.594. The predicted molar refractivity (Wildman–Crippen MR) is 26.4 cm³/mol. The van der Waals surface area contributed by atoms with Crippen molar-refractivity contribution in [2.75, 3.05) is 6.54 Å². The lowest BCUT2D eigenvalue weighted by Crippen LogP contribution is -2.13. The van der Waals surface area contributed by atoms with Gasteiger partial charge in [-0.05, 0) is 0 Å². The van der Waals surface area contributed by atoms with Gasteiger partial charge in [-0.1, -0.05) is 0 Å². The van der Waals surface area contributed by atoms with E-state index in [0.717, 1.165) is 0 Å². The van der Waals surface area contributed by atoms with E-state index in [1.807, 2.05) is 6.07 Å². The highest BCUT2D eigenvalue weighted by molar-refractivity contribution is 5.87. The maximum Gasteiger partial charge on any atom is 0.225 e. The highest BCUT2D eigenvalue weighted by Gasteiger charge is 2.20. The van der Waals surface area contributed by atoms with Gasteiger partial charge in [0, 0.05) is 6.54 Å². The minimum absolute atomic E-state index is 0.128. The van der Waals surface area contributed by atoms with Gasteiger partial charge in [-0.3, -0.25) is 4.79 Å². The second-order valence-corrected chi connectivity index (χ2v) is 1.65. The first-order valence-electron chi connectivity index (χ1n) is 2.35. The molecule has 1 heterocycles. The van der Waals surface area contributed by atoms with Gasteiger partial charge in [-0.2, -0.15) is 5.26 Å². The molecule has 1 radical (unpaired) electrons. The topological polar surface area (TPSA) is 52.9 Å². The van der Waals surface area contributed by atoms with Gasteiger partial charge in [-0.15, -0.1) is 0 Å². The van der Waals surface area contributed by atoms with E-state index in [1.54, 1.807) is 0 Å². The van der Waals surface area contributed by atoms with Crippen LogP contribution in [0.5, 0.6) is 0 Å². The van der Waals surface area contributed by atoms with Crippen molar-refractivity contribution >= 4 is 5.91 Å². The summed E-state index contributed by atoms with van der Waals surface area (Å²) >= 11 is 0. The van der Waals surface area contributed by atoms with Crippen molar-refractivity contribution in [2.24, 2.45) is 5.92 Å². The van der Waals surface area contributed by atoms with Crippen LogP contribution in [0.1, 0.15) is 0 Å². The minimum Gasteiger partial charge on any atom is -0.354 e. The average molecular weight is 109 g/mol. The van der Waals surface area contributed by atoms with Crippen LogP contribution in [-0.2, 0) is 4.79 Å². The van der Waals surface area contributed by atoms with Gasteiger partial charge >= 0.3 is 0 Å². The fraction of sp³-hybridized carbons (Fsp3) is 0.400. The number of nitrogens with one attached hydrogen (secondary N) is 1. The molecule has 0 spiro atoms. The molecule has 1 atom stereocenters. The molecule has 3 heteroatoms. The number of carbonyl (C=O) groups excluding carboxylic acids is 1. The zero-order chi connectivity index (χ0) is 5.98. The first-order chi connectivity index (χ1) is 3.83. The molecule has 0 saturated carbocycles. The highest BCUT2D eigenvalue weighted by Crippen LogP contribution is 2.03. The molecule has 1 rings (SSSR count). The monoisotopic (exact) mass is 109 g/mol. The largest absolute Gasteiger partial charge is 0.354 e. The molecule has 0 aliphatic carbocycles. The summed E-state index contributed by atoms with van der Waals surface area (Å²) in [5.41, 5.74) is 0. The lowest BCUT2D eigenvalue weighted by molar-refractivity contribution is -0.116. The Morgan fingerprint density at radius 3 is 3.00 bits per heavy atom. The zero-order valence-corrected chi connectivity index (χ0v) is 4.22. The van der Waals surface area contributed by atoms with E-state index in [1.165, 1.54) is 6.42 Å². The Morgan fingerprint density at radius 2 is 2.75 bits per heavy atom. The van der Waals surface area contributed by atoms with Crippen LogP contribution in [0.25, 0.3) is 0 Å². The van der Waals surface area contributed by atoms with Crippen molar-refractivity contribution in [1.29, 1.82) is 5.26 Å². The summed E-state index contributed by atoms with van der Waals surface area (Å²) in [7, 11) is 0. The van der Waals surface area contributed by atoms with Crippen molar-refractivity contribution in [1.82, 2.24) is 5.32 Å². The number of carbonyl (C=O) groups is 1. The summed E-state index contributed by atoms with van der Waals surface area (Å²) in [5.74, 6) is -0.334. The molecule has 8 heavy (non-hydrogen) atoms. The molecule has 0 aromatic carbocycles. The van der Waals surface area contributed by atoms with Gasteiger partial charge in [0.15, 0.2) is 0 Å². The molecule has 1 aliphatic rings. The zero-order valence-electron chi connectivity index (χ0n) is 4.22. The quantitative estimate of drug-likeness (QED) is 0.454. The Balaban J connectivity index is 2.47. The van der Waals surface area contributed by atoms with E-state index in [2.05, 4.69) is 5.32 Å². The summed E-state index contributed by atoms with van der Waals surface area (Å²) in [4.78, 5) is 10.3. The van der Waals surface area contributed by atoms with Gasteiger partial charge in [0.25, 0.3) is 0 Å². The number of hydrogen-bond acceptors (Lipinski definition) is 2. The molecule has 1 unspecified atom stereocenters. The van der Waals surface area contributed by atoms with Crippen molar-refractivity contribution in [3.05, 3.63) is 6.42 Å². The van der Waals surface area contributed by atoms with Crippen LogP contribution in [0.15, 0.2) is 0 Å². The maximum atomic E-state index is 10.3. The predicted octanol–water partition coefficient (Wildman–Crippen LogP) is -0.540. The number of nitrogens with zero attached hydrogens (tertiary/aromatic N) is 1. The van der Waals surface area contributed by atoms with Gasteiger partial charge in [-0.25, -0.2) is 0 Å². The lowest BCUT2D eigenvalue weighted by atomic mass is 10.1. The third kappa shape index (κ3) is 0.784. The highest BCUT2D eigenvalue weighted by atomic mass is 16.1. The van der Waals surface area contributed by atoms with Gasteiger partial charge in [0.2, 0.25) is 5.91 Å². The first kappa shape index (κ1) is 5.10. The van der Waals surface area contributed by atoms with E-state index >= 15 is 0 Å². The molecule has 1 N–H and O–H groups in total. The van der Waals surface area contributed by atoms with Crippen LogP contribution in [0.2, 0.25) is 0 Å². The van der Waals surface area contributed by atoms with Crippen LogP contribution in [-0.4, -0.2) is 12.5 Å². The minimum atomic E-state index is -0.206. The molecule has 1 saturated heterocycles. The Bertz CT molecular complexity index is 147. The Hall–Kier alpha value is -1.04. The first-order valence-corrected chi connectivity index (χ1v) is 2.35. The van der Waals surface area contributed by atoms with Gasteiger partial charge in [0.1, 0.15) is 0 Å². The van der Waals surface area contributed by atoms with E-state index in [0.29, 0.717) is 6.54 Å². The van der Waals surface area contributed by atoms with Crippen LogP contribution < -0.4 is 5.32 Å². The fourth-order valence-electron chi connectivity index (χ4n) is 0.594. The third-order valence-corrected chi connectivity index (χ3v) is 1.01. The second kappa shape index (κ2) is 1.83. The Kier molecular flexibility index (Phi) is 1.17. The van der Waals surface area contributed by atoms with Crippen LogP contribution in [0.4, 0.5) is 0 Å². The summed E-state index contributed by atoms with van der Waals surface area (Å²) in [6, 6.07) is 1.96. The van der Waals surface area contributed by atoms with Gasteiger partial charge in [0.05, 0.1) is 18.4 Å². The van der Waals surface area contributed by atoms with Crippen LogP contribution >= 0.6 is 0 Å². The van der Waals surface area contributed by atoms with Gasteiger partial charge < -0.3 is 5.32 Å². The van der Waals surface area contributed by atoms with Crippen molar-refractivity contribution in [3.8, 4) is 6.07 Å². The van der Waals surface area contributed by atoms with Crippen molar-refractivity contribution < 1.29 is 4.79 Å². The van der Waals surface area contributed by atoms with E-state index in [9.17, 15) is 4.79 Å². The summed E-state index contributed by atoms with van der Waals surface area (Å²) in [6.45, 7) is 0.481. The summed E-state index contributed by atoms with van der Waals surface area (Å²) < 4.78 is 0. The normalized spacial score (nSPS) is 26.9. The smallest absolute Gasteiger partial charge is 0.225 e. The standard InChI is InChI=1S/C5H5N2O/c6-2-4-1-5(8)7-3-4/h1,4H,3H2,(H,7,8).